The summed E-state index contributed by atoms with van der Waals surface area (Å²) in [6, 6.07) is 17.4. The lowest BCUT2D eigenvalue weighted by molar-refractivity contribution is -0.384. The fourth-order valence-electron chi connectivity index (χ4n) is 2.39. The third-order valence-corrected chi connectivity index (χ3v) is 4.65. The summed E-state index contributed by atoms with van der Waals surface area (Å²) in [5.74, 6) is -0.482. The Bertz CT molecular complexity index is 953. The topological polar surface area (TPSA) is 92.5 Å². The molecule has 0 aliphatic carbocycles. The minimum Gasteiger partial charge on any atom is -0.506 e. The number of phenols is 1. The number of carbonyl (C=O) groups is 1. The van der Waals surface area contributed by atoms with Crippen molar-refractivity contribution in [2.45, 2.75) is 4.90 Å². The number of non-ortho nitro benzene ring substituents is 1. The van der Waals surface area contributed by atoms with Gasteiger partial charge in [-0.2, -0.15) is 0 Å². The third kappa shape index (κ3) is 3.89. The summed E-state index contributed by atoms with van der Waals surface area (Å²) in [6.45, 7) is 0. The van der Waals surface area contributed by atoms with Crippen molar-refractivity contribution in [2.75, 3.05) is 11.1 Å². The van der Waals surface area contributed by atoms with Gasteiger partial charge in [0.2, 0.25) is 5.91 Å². The lowest BCUT2D eigenvalue weighted by Gasteiger charge is -2.08. The van der Waals surface area contributed by atoms with Crippen LogP contribution in [0.1, 0.15) is 0 Å². The van der Waals surface area contributed by atoms with E-state index in [1.807, 2.05) is 42.5 Å². The first kappa shape index (κ1) is 16.8. The van der Waals surface area contributed by atoms with Crippen LogP contribution >= 0.6 is 11.8 Å². The normalized spacial score (nSPS) is 10.6. The molecule has 0 bridgehead atoms. The summed E-state index contributed by atoms with van der Waals surface area (Å²) in [5.41, 5.74) is -0.0882. The number of carbonyl (C=O) groups excluding carboxylic acids is 1. The number of hydrogen-bond acceptors (Lipinski definition) is 5. The van der Waals surface area contributed by atoms with Crippen molar-refractivity contribution in [3.05, 3.63) is 70.8 Å². The Kier molecular flexibility index (Phi) is 4.85. The minimum atomic E-state index is -0.609. The maximum Gasteiger partial charge on any atom is 0.273 e. The second-order valence-electron chi connectivity index (χ2n) is 5.27. The van der Waals surface area contributed by atoms with Crippen LogP contribution in [0.5, 0.6) is 5.75 Å². The average Bonchev–Trinajstić information content (AvgIpc) is 2.61. The number of nitro benzene ring substituents is 1. The molecule has 0 saturated carbocycles. The maximum absolute atomic E-state index is 12.1. The van der Waals surface area contributed by atoms with E-state index in [0.29, 0.717) is 0 Å². The van der Waals surface area contributed by atoms with E-state index >= 15 is 0 Å². The van der Waals surface area contributed by atoms with E-state index in [2.05, 4.69) is 5.32 Å². The maximum atomic E-state index is 12.1. The fourth-order valence-corrected chi connectivity index (χ4v) is 3.27. The van der Waals surface area contributed by atoms with Gasteiger partial charge in [0.1, 0.15) is 5.75 Å². The molecule has 1 amide bonds. The molecule has 0 saturated heterocycles. The van der Waals surface area contributed by atoms with Crippen LogP contribution in [0.2, 0.25) is 0 Å². The highest BCUT2D eigenvalue weighted by molar-refractivity contribution is 8.00. The predicted molar refractivity (Wildman–Crippen MR) is 98.1 cm³/mol. The van der Waals surface area contributed by atoms with Crippen LogP contribution in [-0.2, 0) is 4.79 Å². The number of rotatable bonds is 5. The Balaban J connectivity index is 1.68. The van der Waals surface area contributed by atoms with Gasteiger partial charge in [0.25, 0.3) is 5.69 Å². The summed E-state index contributed by atoms with van der Waals surface area (Å²) < 4.78 is 0. The monoisotopic (exact) mass is 354 g/mol. The van der Waals surface area contributed by atoms with E-state index in [0.717, 1.165) is 21.7 Å². The molecular formula is C18H14N2O4S. The van der Waals surface area contributed by atoms with Crippen LogP contribution < -0.4 is 5.32 Å². The first-order chi connectivity index (χ1) is 12.0. The SMILES string of the molecule is O=C(CSc1cccc2ccccc12)Nc1ccc([N+](=O)[O-])cc1O. The van der Waals surface area contributed by atoms with Crippen molar-refractivity contribution in [1.82, 2.24) is 0 Å². The van der Waals surface area contributed by atoms with E-state index < -0.39 is 4.92 Å². The number of nitrogens with zero attached hydrogens (tertiary/aromatic N) is 1. The number of nitro groups is 1. The number of thioether (sulfide) groups is 1. The van der Waals surface area contributed by atoms with Gasteiger partial charge in [0, 0.05) is 11.0 Å². The highest BCUT2D eigenvalue weighted by atomic mass is 32.2. The smallest absolute Gasteiger partial charge is 0.273 e. The van der Waals surface area contributed by atoms with E-state index in [9.17, 15) is 20.0 Å². The Morgan fingerprint density at radius 1 is 1.12 bits per heavy atom. The molecule has 2 N–H and O–H groups in total. The van der Waals surface area contributed by atoms with Crippen molar-refractivity contribution in [2.24, 2.45) is 0 Å². The first-order valence-corrected chi connectivity index (χ1v) is 8.41. The molecule has 6 nitrogen and oxygen atoms in total. The van der Waals surface area contributed by atoms with Crippen LogP contribution in [-0.4, -0.2) is 21.7 Å². The van der Waals surface area contributed by atoms with Gasteiger partial charge in [-0.15, -0.1) is 11.8 Å². The van der Waals surface area contributed by atoms with Gasteiger partial charge in [-0.3, -0.25) is 14.9 Å². The minimum absolute atomic E-state index is 0.147. The van der Waals surface area contributed by atoms with E-state index in [1.54, 1.807) is 0 Å². The van der Waals surface area contributed by atoms with Crippen molar-refractivity contribution < 1.29 is 14.8 Å². The summed E-state index contributed by atoms with van der Waals surface area (Å²) in [6.07, 6.45) is 0. The molecule has 25 heavy (non-hydrogen) atoms. The lowest BCUT2D eigenvalue weighted by Crippen LogP contribution is -2.14. The summed E-state index contributed by atoms with van der Waals surface area (Å²) in [5, 5.41) is 25.2. The number of amides is 1. The summed E-state index contributed by atoms with van der Waals surface area (Å²) in [7, 11) is 0. The molecule has 7 heteroatoms. The number of hydrogen-bond donors (Lipinski definition) is 2. The second-order valence-corrected chi connectivity index (χ2v) is 6.29. The molecule has 0 radical (unpaired) electrons. The largest absolute Gasteiger partial charge is 0.506 e. The van der Waals surface area contributed by atoms with Gasteiger partial charge >= 0.3 is 0 Å². The number of benzene rings is 3. The van der Waals surface area contributed by atoms with Gasteiger partial charge in [-0.1, -0.05) is 36.4 Å². The Hall–Kier alpha value is -3.06. The molecule has 0 aliphatic heterocycles. The van der Waals surface area contributed by atoms with Gasteiger partial charge in [-0.05, 0) is 22.9 Å². The number of aromatic hydroxyl groups is 1. The molecular weight excluding hydrogens is 340 g/mol. The van der Waals surface area contributed by atoms with Gasteiger partial charge in [0.15, 0.2) is 0 Å². The lowest BCUT2D eigenvalue weighted by atomic mass is 10.1. The highest BCUT2D eigenvalue weighted by Crippen LogP contribution is 2.30. The second kappa shape index (κ2) is 7.23. The highest BCUT2D eigenvalue weighted by Gasteiger charge is 2.12. The van der Waals surface area contributed by atoms with Crippen molar-refractivity contribution >= 4 is 39.8 Å². The van der Waals surface area contributed by atoms with Gasteiger partial charge in [0.05, 0.1) is 22.4 Å². The standard InChI is InChI=1S/C18H14N2O4S/c21-16-10-13(20(23)24)8-9-15(16)19-18(22)11-25-17-7-3-5-12-4-1-2-6-14(12)17/h1-10,21H,11H2,(H,19,22). The Morgan fingerprint density at radius 3 is 2.64 bits per heavy atom. The van der Waals surface area contributed by atoms with Gasteiger partial charge < -0.3 is 10.4 Å². The van der Waals surface area contributed by atoms with Crippen LogP contribution in [0.4, 0.5) is 11.4 Å². The van der Waals surface area contributed by atoms with E-state index in [4.69, 9.17) is 0 Å². The van der Waals surface area contributed by atoms with E-state index in [1.165, 1.54) is 23.9 Å². The summed E-state index contributed by atoms with van der Waals surface area (Å²) in [4.78, 5) is 23.2. The van der Waals surface area contributed by atoms with Crippen LogP contribution in [0.3, 0.4) is 0 Å². The van der Waals surface area contributed by atoms with Crippen LogP contribution in [0, 0.1) is 10.1 Å². The van der Waals surface area contributed by atoms with Crippen LogP contribution in [0.15, 0.2) is 65.6 Å². The zero-order valence-corrected chi connectivity index (χ0v) is 13.8. The molecule has 0 fully saturated rings. The average molecular weight is 354 g/mol. The number of phenolic OH excluding ortho intramolecular Hbond substituents is 1. The predicted octanol–water partition coefficient (Wildman–Crippen LogP) is 4.18. The zero-order chi connectivity index (χ0) is 17.8. The fraction of sp³-hybridized carbons (Fsp3) is 0.0556. The molecule has 0 atom stereocenters. The van der Waals surface area contributed by atoms with Gasteiger partial charge in [-0.25, -0.2) is 0 Å². The van der Waals surface area contributed by atoms with Crippen molar-refractivity contribution in [3.63, 3.8) is 0 Å². The number of fused-ring (bicyclic) bond motifs is 1. The molecule has 126 valence electrons. The molecule has 0 heterocycles. The molecule has 3 rings (SSSR count). The molecule has 0 spiro atoms. The third-order valence-electron chi connectivity index (χ3n) is 3.57. The number of nitrogens with one attached hydrogen (secondary N) is 1. The first-order valence-electron chi connectivity index (χ1n) is 7.42. The molecule has 3 aromatic carbocycles. The van der Waals surface area contributed by atoms with Crippen molar-refractivity contribution in [1.29, 1.82) is 0 Å². The van der Waals surface area contributed by atoms with Crippen molar-refractivity contribution in [3.8, 4) is 5.75 Å². The Morgan fingerprint density at radius 2 is 1.88 bits per heavy atom. The van der Waals surface area contributed by atoms with E-state index in [-0.39, 0.29) is 28.8 Å². The summed E-state index contributed by atoms with van der Waals surface area (Å²) >= 11 is 1.39. The molecule has 0 aromatic heterocycles. The molecule has 0 aliphatic rings. The molecule has 3 aromatic rings. The van der Waals surface area contributed by atoms with Crippen LogP contribution in [0.25, 0.3) is 10.8 Å². The Labute approximate surface area is 147 Å². The zero-order valence-electron chi connectivity index (χ0n) is 13.0. The number of anilines is 1. The molecule has 0 unspecified atom stereocenters. The quantitative estimate of drug-likeness (QED) is 0.310.